The Morgan fingerprint density at radius 1 is 1.11 bits per heavy atom. The lowest BCUT2D eigenvalue weighted by Gasteiger charge is -2.42. The number of likely N-dealkylation sites (tertiary alicyclic amines) is 1. The quantitative estimate of drug-likeness (QED) is 0.538. The molecule has 2 N–H and O–H groups in total. The number of piperidine rings is 1. The lowest BCUT2D eigenvalue weighted by molar-refractivity contribution is -0.123. The fourth-order valence-electron chi connectivity index (χ4n) is 4.93. The monoisotopic (exact) mass is 495 g/mol. The highest BCUT2D eigenvalue weighted by Gasteiger charge is 2.37. The van der Waals surface area contributed by atoms with Crippen molar-refractivity contribution in [3.8, 4) is 11.4 Å². The van der Waals surface area contributed by atoms with Crippen LogP contribution in [0.5, 0.6) is 0 Å². The van der Waals surface area contributed by atoms with E-state index in [4.69, 9.17) is 4.74 Å². The summed E-state index contributed by atoms with van der Waals surface area (Å²) in [7, 11) is 0. The molecule has 2 aliphatic heterocycles. The number of nitrogens with zero attached hydrogens (tertiary/aromatic N) is 5. The highest BCUT2D eigenvalue weighted by atomic mass is 32.1. The van der Waals surface area contributed by atoms with Crippen LogP contribution in [0.1, 0.15) is 49.0 Å². The molecule has 5 heterocycles. The van der Waals surface area contributed by atoms with Gasteiger partial charge in [0.05, 0.1) is 17.9 Å². The summed E-state index contributed by atoms with van der Waals surface area (Å²) in [5, 5.41) is 13.2. The van der Waals surface area contributed by atoms with Crippen molar-refractivity contribution in [2.24, 2.45) is 5.92 Å². The largest absolute Gasteiger partial charge is 0.381 e. The minimum Gasteiger partial charge on any atom is -0.381 e. The number of aromatic nitrogens is 4. The molecule has 0 bridgehead atoms. The van der Waals surface area contributed by atoms with Gasteiger partial charge in [-0.05, 0) is 38.2 Å². The molecule has 3 aromatic rings. The highest BCUT2D eigenvalue weighted by molar-refractivity contribution is 7.16. The lowest BCUT2D eigenvalue weighted by atomic mass is 9.99. The van der Waals surface area contributed by atoms with Crippen molar-refractivity contribution in [3.63, 3.8) is 0 Å². The maximum atomic E-state index is 13.7. The number of thiazole rings is 1. The summed E-state index contributed by atoms with van der Waals surface area (Å²) in [4.78, 5) is 37.9. The summed E-state index contributed by atoms with van der Waals surface area (Å²) in [5.74, 6) is 0.698. The molecule has 35 heavy (non-hydrogen) atoms. The zero-order valence-electron chi connectivity index (χ0n) is 19.4. The number of carbonyl (C=O) groups is 2. The fraction of sp³-hybridized carbons (Fsp3) is 0.542. The highest BCUT2D eigenvalue weighted by Crippen LogP contribution is 2.30. The standard InChI is InChI=1S/C24H29N7O3S/c32-22(15-1-2-15)28-17-4-8-30(20(13-17)27-16-5-10-34-11-6-16)23(33)19-3-7-25-21(29-19)18-14-26-31-9-12-35-24(18)31/h3,7,9,12,14-17,20,27H,1-2,4-6,8,10-11,13H2,(H,28,32). The number of hydrogen-bond acceptors (Lipinski definition) is 8. The van der Waals surface area contributed by atoms with Gasteiger partial charge < -0.3 is 15.0 Å². The third kappa shape index (κ3) is 4.80. The Hall–Kier alpha value is -2.89. The molecule has 2 saturated heterocycles. The van der Waals surface area contributed by atoms with Crippen LogP contribution >= 0.6 is 11.3 Å². The molecule has 3 fully saturated rings. The van der Waals surface area contributed by atoms with E-state index >= 15 is 0 Å². The third-order valence-electron chi connectivity index (χ3n) is 7.05. The van der Waals surface area contributed by atoms with Crippen LogP contribution in [-0.4, -0.2) is 74.3 Å². The topological polar surface area (TPSA) is 114 Å². The minimum absolute atomic E-state index is 0.0602. The number of hydrogen-bond donors (Lipinski definition) is 2. The SMILES string of the molecule is O=C(NC1CCN(C(=O)c2ccnc(-c3cnn4ccsc34)n2)C(NC2CCOCC2)C1)C1CC1. The van der Waals surface area contributed by atoms with Gasteiger partial charge in [-0.1, -0.05) is 0 Å². The van der Waals surface area contributed by atoms with Crippen LogP contribution in [0.4, 0.5) is 0 Å². The van der Waals surface area contributed by atoms with Crippen LogP contribution < -0.4 is 10.6 Å². The van der Waals surface area contributed by atoms with Crippen molar-refractivity contribution in [2.75, 3.05) is 19.8 Å². The molecule has 184 valence electrons. The van der Waals surface area contributed by atoms with Gasteiger partial charge in [-0.25, -0.2) is 14.5 Å². The zero-order valence-corrected chi connectivity index (χ0v) is 20.2. The normalized spacial score (nSPS) is 23.5. The number of amides is 2. The fourth-order valence-corrected chi connectivity index (χ4v) is 5.73. The number of ether oxygens (including phenoxy) is 1. The lowest BCUT2D eigenvalue weighted by Crippen LogP contribution is -2.59. The van der Waals surface area contributed by atoms with E-state index in [2.05, 4.69) is 25.7 Å². The van der Waals surface area contributed by atoms with Crippen LogP contribution in [0.15, 0.2) is 30.0 Å². The molecule has 10 nitrogen and oxygen atoms in total. The van der Waals surface area contributed by atoms with Crippen molar-refractivity contribution in [2.45, 2.75) is 56.8 Å². The van der Waals surface area contributed by atoms with Crippen molar-refractivity contribution in [1.82, 2.24) is 35.1 Å². The Morgan fingerprint density at radius 3 is 2.80 bits per heavy atom. The van der Waals surface area contributed by atoms with Gasteiger partial charge in [0.1, 0.15) is 10.5 Å². The van der Waals surface area contributed by atoms with Gasteiger partial charge in [0.15, 0.2) is 5.82 Å². The zero-order chi connectivity index (χ0) is 23.8. The molecule has 3 aliphatic rings. The van der Waals surface area contributed by atoms with Gasteiger partial charge >= 0.3 is 0 Å². The second-order valence-electron chi connectivity index (χ2n) is 9.55. The molecule has 11 heteroatoms. The molecular weight excluding hydrogens is 466 g/mol. The first-order valence-electron chi connectivity index (χ1n) is 12.3. The summed E-state index contributed by atoms with van der Waals surface area (Å²) < 4.78 is 7.30. The second-order valence-corrected chi connectivity index (χ2v) is 10.4. The van der Waals surface area contributed by atoms with Crippen molar-refractivity contribution in [3.05, 3.63) is 35.7 Å². The van der Waals surface area contributed by atoms with Crippen LogP contribution in [0.25, 0.3) is 16.2 Å². The van der Waals surface area contributed by atoms with E-state index in [1.807, 2.05) is 16.5 Å². The maximum absolute atomic E-state index is 13.7. The first-order chi connectivity index (χ1) is 17.2. The second kappa shape index (κ2) is 9.63. The average molecular weight is 496 g/mol. The molecule has 6 rings (SSSR count). The summed E-state index contributed by atoms with van der Waals surface area (Å²) in [6.45, 7) is 1.99. The Kier molecular flexibility index (Phi) is 6.21. The first kappa shape index (κ1) is 22.6. The molecule has 0 aromatic carbocycles. The van der Waals surface area contributed by atoms with E-state index in [-0.39, 0.29) is 36.0 Å². The van der Waals surface area contributed by atoms with E-state index in [1.54, 1.807) is 34.3 Å². The van der Waals surface area contributed by atoms with Crippen LogP contribution in [-0.2, 0) is 9.53 Å². The molecule has 2 amide bonds. The van der Waals surface area contributed by atoms with Gasteiger partial charge in [0.2, 0.25) is 5.91 Å². The molecule has 1 aliphatic carbocycles. The van der Waals surface area contributed by atoms with E-state index in [0.29, 0.717) is 24.5 Å². The molecule has 2 unspecified atom stereocenters. The number of carbonyl (C=O) groups excluding carboxylic acids is 2. The number of fused-ring (bicyclic) bond motifs is 1. The molecule has 0 radical (unpaired) electrons. The van der Waals surface area contributed by atoms with E-state index < -0.39 is 0 Å². The van der Waals surface area contributed by atoms with Crippen LogP contribution in [0, 0.1) is 5.92 Å². The number of rotatable bonds is 6. The third-order valence-corrected chi connectivity index (χ3v) is 7.94. The van der Waals surface area contributed by atoms with Gasteiger partial charge in [-0.3, -0.25) is 14.9 Å². The summed E-state index contributed by atoms with van der Waals surface area (Å²) in [6.07, 6.45) is 10.3. The van der Waals surface area contributed by atoms with E-state index in [0.717, 1.165) is 55.7 Å². The Balaban J connectivity index is 1.22. The van der Waals surface area contributed by atoms with Crippen molar-refractivity contribution >= 4 is 28.0 Å². The van der Waals surface area contributed by atoms with Gasteiger partial charge in [0, 0.05) is 62.0 Å². The van der Waals surface area contributed by atoms with Gasteiger partial charge in [-0.2, -0.15) is 5.10 Å². The molecular formula is C24H29N7O3S. The maximum Gasteiger partial charge on any atom is 0.273 e. The van der Waals surface area contributed by atoms with E-state index in [9.17, 15) is 9.59 Å². The molecule has 2 atom stereocenters. The predicted molar refractivity (Wildman–Crippen MR) is 130 cm³/mol. The summed E-state index contributed by atoms with van der Waals surface area (Å²) in [5.41, 5.74) is 1.18. The van der Waals surface area contributed by atoms with Crippen LogP contribution in [0.2, 0.25) is 0 Å². The van der Waals surface area contributed by atoms with Crippen molar-refractivity contribution < 1.29 is 14.3 Å². The Morgan fingerprint density at radius 2 is 1.97 bits per heavy atom. The number of nitrogens with one attached hydrogen (secondary N) is 2. The van der Waals surface area contributed by atoms with Crippen molar-refractivity contribution in [1.29, 1.82) is 0 Å². The first-order valence-corrected chi connectivity index (χ1v) is 13.2. The Bertz CT molecular complexity index is 1220. The van der Waals surface area contributed by atoms with E-state index in [1.165, 1.54) is 0 Å². The average Bonchev–Trinajstić information content (AvgIpc) is 3.51. The minimum atomic E-state index is -0.178. The van der Waals surface area contributed by atoms with Crippen LogP contribution in [0.3, 0.4) is 0 Å². The Labute approximate surface area is 207 Å². The smallest absolute Gasteiger partial charge is 0.273 e. The predicted octanol–water partition coefficient (Wildman–Crippen LogP) is 2.08. The molecule has 3 aromatic heterocycles. The summed E-state index contributed by atoms with van der Waals surface area (Å²) >= 11 is 1.56. The molecule has 0 spiro atoms. The molecule has 1 saturated carbocycles. The van der Waals surface area contributed by atoms with Gasteiger partial charge in [0.25, 0.3) is 5.91 Å². The van der Waals surface area contributed by atoms with Gasteiger partial charge in [-0.15, -0.1) is 11.3 Å². The summed E-state index contributed by atoms with van der Waals surface area (Å²) in [6, 6.07) is 2.01.